The van der Waals surface area contributed by atoms with E-state index in [4.69, 9.17) is 5.11 Å². The van der Waals surface area contributed by atoms with Crippen molar-refractivity contribution in [2.24, 2.45) is 5.92 Å². The van der Waals surface area contributed by atoms with Crippen molar-refractivity contribution < 1.29 is 14.3 Å². The van der Waals surface area contributed by atoms with Gasteiger partial charge in [0.25, 0.3) is 0 Å². The first-order valence-corrected chi connectivity index (χ1v) is 4.96. The minimum absolute atomic E-state index is 0.435. The Hall–Kier alpha value is -1.38. The van der Waals surface area contributed by atoms with Crippen molar-refractivity contribution in [2.45, 2.75) is 26.4 Å². The van der Waals surface area contributed by atoms with Gasteiger partial charge in [-0.25, -0.2) is 4.39 Å². The van der Waals surface area contributed by atoms with E-state index in [0.29, 0.717) is 12.0 Å². The van der Waals surface area contributed by atoms with E-state index < -0.39 is 18.1 Å². The van der Waals surface area contributed by atoms with E-state index in [2.05, 4.69) is 0 Å². The molecule has 0 amide bonds. The predicted molar refractivity (Wildman–Crippen MR) is 56.5 cm³/mol. The third-order valence-corrected chi connectivity index (χ3v) is 2.37. The summed E-state index contributed by atoms with van der Waals surface area (Å²) in [5, 5.41) is 8.75. The lowest BCUT2D eigenvalue weighted by Gasteiger charge is -2.08. The number of halogens is 1. The number of hydrogen-bond acceptors (Lipinski definition) is 1. The molecule has 2 unspecified atom stereocenters. The van der Waals surface area contributed by atoms with E-state index in [9.17, 15) is 9.18 Å². The SMILES string of the molecule is CC(Cc1cccc(C(C)F)c1)C(=O)O. The predicted octanol–water partition coefficient (Wildman–Crippen LogP) is 2.98. The lowest BCUT2D eigenvalue weighted by atomic mass is 9.99. The standard InChI is InChI=1S/C12H15FO2/c1-8(12(14)15)6-10-4-3-5-11(7-10)9(2)13/h3-5,7-9H,6H2,1-2H3,(H,14,15). The second-order valence-corrected chi connectivity index (χ2v) is 3.80. The Morgan fingerprint density at radius 1 is 1.47 bits per heavy atom. The average molecular weight is 210 g/mol. The smallest absolute Gasteiger partial charge is 0.306 e. The summed E-state index contributed by atoms with van der Waals surface area (Å²) in [7, 11) is 0. The van der Waals surface area contributed by atoms with Gasteiger partial charge in [0, 0.05) is 0 Å². The highest BCUT2D eigenvalue weighted by Crippen LogP contribution is 2.19. The van der Waals surface area contributed by atoms with Crippen molar-refractivity contribution in [3.63, 3.8) is 0 Å². The van der Waals surface area contributed by atoms with Crippen LogP contribution < -0.4 is 0 Å². The molecule has 3 heteroatoms. The number of carbonyl (C=O) groups is 1. The molecule has 0 radical (unpaired) electrons. The van der Waals surface area contributed by atoms with Gasteiger partial charge in [-0.05, 0) is 24.5 Å². The zero-order valence-corrected chi connectivity index (χ0v) is 8.90. The van der Waals surface area contributed by atoms with Crippen LogP contribution in [0, 0.1) is 5.92 Å². The minimum atomic E-state index is -1.01. The van der Waals surface area contributed by atoms with Crippen LogP contribution in [0.25, 0.3) is 0 Å². The maximum absolute atomic E-state index is 13.0. The first-order chi connectivity index (χ1) is 7.00. The zero-order chi connectivity index (χ0) is 11.4. The largest absolute Gasteiger partial charge is 0.481 e. The van der Waals surface area contributed by atoms with Crippen LogP contribution in [0.2, 0.25) is 0 Å². The number of carboxylic acid groups (broad SMARTS) is 1. The lowest BCUT2D eigenvalue weighted by Crippen LogP contribution is -2.12. The van der Waals surface area contributed by atoms with Crippen LogP contribution in [-0.2, 0) is 11.2 Å². The maximum Gasteiger partial charge on any atom is 0.306 e. The van der Waals surface area contributed by atoms with Crippen molar-refractivity contribution in [1.82, 2.24) is 0 Å². The molecule has 1 rings (SSSR count). The molecule has 2 nitrogen and oxygen atoms in total. The fraction of sp³-hybridized carbons (Fsp3) is 0.417. The summed E-state index contributed by atoms with van der Waals surface area (Å²) in [6.07, 6.45) is -0.569. The Balaban J connectivity index is 2.78. The average Bonchev–Trinajstić information content (AvgIpc) is 2.18. The van der Waals surface area contributed by atoms with E-state index >= 15 is 0 Å². The van der Waals surface area contributed by atoms with Crippen LogP contribution in [0.5, 0.6) is 0 Å². The molecule has 1 aromatic carbocycles. The molecular weight excluding hydrogens is 195 g/mol. The Labute approximate surface area is 88.7 Å². The van der Waals surface area contributed by atoms with E-state index in [1.54, 1.807) is 25.1 Å². The van der Waals surface area contributed by atoms with Crippen LogP contribution in [-0.4, -0.2) is 11.1 Å². The Bertz CT molecular complexity index is 347. The zero-order valence-electron chi connectivity index (χ0n) is 8.90. The fourth-order valence-electron chi connectivity index (χ4n) is 1.41. The van der Waals surface area contributed by atoms with Crippen molar-refractivity contribution in [3.05, 3.63) is 35.4 Å². The maximum atomic E-state index is 13.0. The summed E-state index contributed by atoms with van der Waals surface area (Å²) in [5.74, 6) is -1.26. The third kappa shape index (κ3) is 3.35. The molecule has 1 aromatic rings. The Kier molecular flexibility index (Phi) is 3.83. The Morgan fingerprint density at radius 3 is 2.67 bits per heavy atom. The van der Waals surface area contributed by atoms with Gasteiger partial charge in [0.2, 0.25) is 0 Å². The number of aliphatic carboxylic acids is 1. The summed E-state index contributed by atoms with van der Waals surface area (Å²) in [5.41, 5.74) is 1.47. The van der Waals surface area contributed by atoms with Crippen molar-refractivity contribution in [2.75, 3.05) is 0 Å². The fourth-order valence-corrected chi connectivity index (χ4v) is 1.41. The van der Waals surface area contributed by atoms with Gasteiger partial charge in [0.15, 0.2) is 0 Å². The topological polar surface area (TPSA) is 37.3 Å². The number of rotatable bonds is 4. The molecule has 0 aromatic heterocycles. The number of carboxylic acids is 1. The quantitative estimate of drug-likeness (QED) is 0.829. The highest BCUT2D eigenvalue weighted by molar-refractivity contribution is 5.69. The molecule has 0 spiro atoms. The molecule has 0 heterocycles. The van der Waals surface area contributed by atoms with Crippen LogP contribution in [0.1, 0.15) is 31.1 Å². The lowest BCUT2D eigenvalue weighted by molar-refractivity contribution is -0.141. The molecule has 0 aliphatic rings. The van der Waals surface area contributed by atoms with Gasteiger partial charge in [-0.1, -0.05) is 31.2 Å². The second-order valence-electron chi connectivity index (χ2n) is 3.80. The highest BCUT2D eigenvalue weighted by Gasteiger charge is 2.12. The van der Waals surface area contributed by atoms with E-state index in [1.165, 1.54) is 6.92 Å². The normalized spacial score (nSPS) is 14.6. The molecule has 0 saturated heterocycles. The van der Waals surface area contributed by atoms with Gasteiger partial charge in [-0.3, -0.25) is 4.79 Å². The summed E-state index contributed by atoms with van der Waals surface area (Å²) in [4.78, 5) is 10.6. The van der Waals surface area contributed by atoms with Crippen LogP contribution >= 0.6 is 0 Å². The van der Waals surface area contributed by atoms with Gasteiger partial charge in [-0.15, -0.1) is 0 Å². The van der Waals surface area contributed by atoms with E-state index in [-0.39, 0.29) is 0 Å². The molecule has 82 valence electrons. The first-order valence-electron chi connectivity index (χ1n) is 4.96. The van der Waals surface area contributed by atoms with E-state index in [0.717, 1.165) is 5.56 Å². The number of benzene rings is 1. The molecule has 0 aliphatic carbocycles. The van der Waals surface area contributed by atoms with Gasteiger partial charge in [0.05, 0.1) is 5.92 Å². The third-order valence-electron chi connectivity index (χ3n) is 2.37. The van der Waals surface area contributed by atoms with Gasteiger partial charge in [-0.2, -0.15) is 0 Å². The molecule has 0 bridgehead atoms. The second kappa shape index (κ2) is 4.91. The van der Waals surface area contributed by atoms with Gasteiger partial charge in [0.1, 0.15) is 6.17 Å². The first kappa shape index (κ1) is 11.7. The Morgan fingerprint density at radius 2 is 2.13 bits per heavy atom. The van der Waals surface area contributed by atoms with Crippen molar-refractivity contribution in [1.29, 1.82) is 0 Å². The summed E-state index contributed by atoms with van der Waals surface area (Å²) in [6, 6.07) is 7.02. The van der Waals surface area contributed by atoms with Crippen LogP contribution in [0.4, 0.5) is 4.39 Å². The molecule has 1 N–H and O–H groups in total. The van der Waals surface area contributed by atoms with Crippen LogP contribution in [0.3, 0.4) is 0 Å². The summed E-state index contributed by atoms with van der Waals surface area (Å²) >= 11 is 0. The summed E-state index contributed by atoms with van der Waals surface area (Å²) < 4.78 is 13.0. The van der Waals surface area contributed by atoms with Crippen LogP contribution in [0.15, 0.2) is 24.3 Å². The minimum Gasteiger partial charge on any atom is -0.481 e. The van der Waals surface area contributed by atoms with Gasteiger partial charge >= 0.3 is 5.97 Å². The van der Waals surface area contributed by atoms with E-state index in [1.807, 2.05) is 6.07 Å². The molecule has 2 atom stereocenters. The number of alkyl halides is 1. The molecular formula is C12H15FO2. The monoisotopic (exact) mass is 210 g/mol. The number of hydrogen-bond donors (Lipinski definition) is 1. The van der Waals surface area contributed by atoms with Gasteiger partial charge < -0.3 is 5.11 Å². The van der Waals surface area contributed by atoms with Crippen molar-refractivity contribution in [3.8, 4) is 0 Å². The van der Waals surface area contributed by atoms with Crippen molar-refractivity contribution >= 4 is 5.97 Å². The molecule has 15 heavy (non-hydrogen) atoms. The molecule has 0 saturated carbocycles. The molecule has 0 aliphatic heterocycles. The highest BCUT2D eigenvalue weighted by atomic mass is 19.1. The molecule has 0 fully saturated rings. The summed E-state index contributed by atoms with van der Waals surface area (Å²) in [6.45, 7) is 3.12.